The largest absolute Gasteiger partial charge is 1.00 e. The average molecular weight is 274 g/mol. The third kappa shape index (κ3) is 3.68. The second-order valence-corrected chi connectivity index (χ2v) is 4.61. The van der Waals surface area contributed by atoms with Gasteiger partial charge in [-0.3, -0.25) is 9.59 Å². The van der Waals surface area contributed by atoms with Crippen LogP contribution in [0.1, 0.15) is 40.0 Å². The smallest absolute Gasteiger partial charge is 0.846 e. The Morgan fingerprint density at radius 1 is 1.47 bits per heavy atom. The monoisotopic (exact) mass is 274 g/mol. The van der Waals surface area contributed by atoms with Gasteiger partial charge in [0.1, 0.15) is 5.41 Å². The Labute approximate surface area is 135 Å². The summed E-state index contributed by atoms with van der Waals surface area (Å²) in [4.78, 5) is 27.6. The fourth-order valence-corrected chi connectivity index (χ4v) is 2.32. The Kier molecular flexibility index (Phi) is 7.55. The fraction of sp³-hybridized carbons (Fsp3) is 0.615. The average Bonchev–Trinajstić information content (AvgIpc) is 2.28. The summed E-state index contributed by atoms with van der Waals surface area (Å²) >= 11 is 0. The molecule has 5 nitrogen and oxygen atoms in total. The molecule has 1 aliphatic rings. The van der Waals surface area contributed by atoms with Gasteiger partial charge in [-0.2, -0.15) is 0 Å². The van der Waals surface area contributed by atoms with Crippen molar-refractivity contribution in [1.29, 1.82) is 0 Å². The molecule has 1 N–H and O–H groups in total. The molecule has 2 amide bonds. The number of allylic oxidation sites excluding steroid dienone is 2. The predicted molar refractivity (Wildman–Crippen MR) is 66.5 cm³/mol. The van der Waals surface area contributed by atoms with Crippen LogP contribution in [0.3, 0.4) is 0 Å². The molecule has 0 saturated carbocycles. The van der Waals surface area contributed by atoms with Crippen molar-refractivity contribution >= 4 is 17.8 Å². The van der Waals surface area contributed by atoms with E-state index in [0.29, 0.717) is 0 Å². The van der Waals surface area contributed by atoms with E-state index < -0.39 is 23.3 Å². The van der Waals surface area contributed by atoms with Gasteiger partial charge in [0.25, 0.3) is 5.91 Å². The number of carbonyl (C=O) groups excluding carboxylic acids is 2. The summed E-state index contributed by atoms with van der Waals surface area (Å²) in [5.74, 6) is -1.29. The molecule has 0 fully saturated rings. The zero-order chi connectivity index (χ0) is 13.8. The molecule has 1 rings (SSSR count). The molecule has 0 aromatic carbocycles. The maximum absolute atomic E-state index is 12.1. The molecular weight excluding hydrogens is 255 g/mol. The molecule has 0 aromatic rings. The van der Waals surface area contributed by atoms with Gasteiger partial charge in [-0.15, -0.1) is 0 Å². The number of rotatable bonds is 5. The minimum absolute atomic E-state index is 0. The molecule has 0 radical (unpaired) electrons. The first-order chi connectivity index (χ1) is 8.48. The summed E-state index contributed by atoms with van der Waals surface area (Å²) < 4.78 is 0. The first kappa shape index (κ1) is 18.4. The van der Waals surface area contributed by atoms with E-state index in [-0.39, 0.29) is 41.9 Å². The van der Waals surface area contributed by atoms with Crippen LogP contribution in [-0.4, -0.2) is 17.8 Å². The summed E-state index contributed by atoms with van der Waals surface area (Å²) in [5.41, 5.74) is -1.23. The SMILES string of the molecule is C/C=C/CC1(C(C)CCC)C(=O)N=C([O-])NC1=O.[Na+]. The van der Waals surface area contributed by atoms with E-state index in [1.54, 1.807) is 12.2 Å². The summed E-state index contributed by atoms with van der Waals surface area (Å²) in [6.45, 7) is 5.68. The number of hydrogen-bond donors (Lipinski definition) is 1. The summed E-state index contributed by atoms with van der Waals surface area (Å²) in [5, 5.41) is 13.2. The molecule has 2 unspecified atom stereocenters. The Hall–Kier alpha value is -0.650. The van der Waals surface area contributed by atoms with Crippen molar-refractivity contribution in [2.75, 3.05) is 0 Å². The van der Waals surface area contributed by atoms with E-state index in [1.165, 1.54) is 0 Å². The molecule has 19 heavy (non-hydrogen) atoms. The van der Waals surface area contributed by atoms with E-state index in [0.717, 1.165) is 12.8 Å². The maximum atomic E-state index is 12.1. The Balaban J connectivity index is 0.00000324. The van der Waals surface area contributed by atoms with Crippen LogP contribution in [0.25, 0.3) is 0 Å². The van der Waals surface area contributed by atoms with Crippen molar-refractivity contribution in [1.82, 2.24) is 5.32 Å². The van der Waals surface area contributed by atoms with Crippen LogP contribution in [0.2, 0.25) is 0 Å². The Morgan fingerprint density at radius 3 is 2.58 bits per heavy atom. The molecule has 0 aliphatic carbocycles. The standard InChI is InChI=1S/C13H20N2O3.Na/c1-4-6-8-13(9(3)7-5-2)10(16)14-12(18)15-11(13)17;/h4,6,9H,5,7-8H2,1-3H3,(H2,14,15,16,17,18);/q;+1/p-1/b6-4+;. The number of amides is 2. The molecule has 0 spiro atoms. The number of aliphatic imine (C=N–C) groups is 1. The molecular formula is C13H19N2NaO3. The third-order valence-corrected chi connectivity index (χ3v) is 3.45. The quantitative estimate of drug-likeness (QED) is 0.349. The van der Waals surface area contributed by atoms with Gasteiger partial charge in [-0.05, 0) is 25.7 Å². The van der Waals surface area contributed by atoms with Crippen molar-refractivity contribution in [3.05, 3.63) is 12.2 Å². The van der Waals surface area contributed by atoms with Crippen molar-refractivity contribution in [2.24, 2.45) is 16.3 Å². The van der Waals surface area contributed by atoms with Crippen LogP contribution in [0.4, 0.5) is 0 Å². The molecule has 2 atom stereocenters. The van der Waals surface area contributed by atoms with Gasteiger partial charge >= 0.3 is 29.6 Å². The number of nitrogens with one attached hydrogen (secondary N) is 1. The zero-order valence-corrected chi connectivity index (χ0v) is 14.0. The molecule has 1 heterocycles. The van der Waals surface area contributed by atoms with E-state index in [9.17, 15) is 14.7 Å². The molecule has 0 saturated heterocycles. The molecule has 100 valence electrons. The topological polar surface area (TPSA) is 81.6 Å². The van der Waals surface area contributed by atoms with Crippen LogP contribution in [-0.2, 0) is 9.59 Å². The van der Waals surface area contributed by atoms with Crippen LogP contribution >= 0.6 is 0 Å². The van der Waals surface area contributed by atoms with Crippen molar-refractivity contribution < 1.29 is 44.3 Å². The number of amidine groups is 1. The fourth-order valence-electron chi connectivity index (χ4n) is 2.32. The van der Waals surface area contributed by atoms with Crippen LogP contribution < -0.4 is 40.0 Å². The second-order valence-electron chi connectivity index (χ2n) is 4.61. The van der Waals surface area contributed by atoms with E-state index in [1.807, 2.05) is 20.8 Å². The maximum Gasteiger partial charge on any atom is 1.00 e. The van der Waals surface area contributed by atoms with Gasteiger partial charge in [0.15, 0.2) is 0 Å². The van der Waals surface area contributed by atoms with Gasteiger partial charge in [-0.1, -0.05) is 32.4 Å². The zero-order valence-electron chi connectivity index (χ0n) is 12.0. The summed E-state index contributed by atoms with van der Waals surface area (Å²) in [6, 6.07) is -0.857. The van der Waals surface area contributed by atoms with Crippen molar-refractivity contribution in [3.8, 4) is 0 Å². The van der Waals surface area contributed by atoms with E-state index in [2.05, 4.69) is 10.3 Å². The Morgan fingerprint density at radius 2 is 2.11 bits per heavy atom. The second kappa shape index (κ2) is 7.82. The van der Waals surface area contributed by atoms with Crippen molar-refractivity contribution in [2.45, 2.75) is 40.0 Å². The van der Waals surface area contributed by atoms with Gasteiger partial charge in [0.05, 0.1) is 6.02 Å². The number of nitrogens with zero attached hydrogens (tertiary/aromatic N) is 1. The first-order valence-electron chi connectivity index (χ1n) is 6.21. The van der Waals surface area contributed by atoms with Crippen LogP contribution in [0.5, 0.6) is 0 Å². The third-order valence-electron chi connectivity index (χ3n) is 3.45. The number of carbonyl (C=O) groups is 2. The first-order valence-corrected chi connectivity index (χ1v) is 6.21. The summed E-state index contributed by atoms with van der Waals surface area (Å²) in [6.07, 6.45) is 5.45. The van der Waals surface area contributed by atoms with E-state index in [4.69, 9.17) is 0 Å². The van der Waals surface area contributed by atoms with Crippen molar-refractivity contribution in [3.63, 3.8) is 0 Å². The Bertz CT molecular complexity index is 407. The molecule has 6 heteroatoms. The minimum atomic E-state index is -1.23. The van der Waals surface area contributed by atoms with Gasteiger partial charge in [-0.25, -0.2) is 4.99 Å². The summed E-state index contributed by atoms with van der Waals surface area (Å²) in [7, 11) is 0. The van der Waals surface area contributed by atoms with E-state index >= 15 is 0 Å². The molecule has 0 bridgehead atoms. The predicted octanol–water partition coefficient (Wildman–Crippen LogP) is -2.25. The molecule has 0 aromatic heterocycles. The van der Waals surface area contributed by atoms with Gasteiger partial charge in [0, 0.05) is 0 Å². The van der Waals surface area contributed by atoms with Crippen LogP contribution in [0.15, 0.2) is 17.1 Å². The van der Waals surface area contributed by atoms with Crippen LogP contribution in [0, 0.1) is 11.3 Å². The number of hydrogen-bond acceptors (Lipinski definition) is 3. The van der Waals surface area contributed by atoms with Gasteiger partial charge in [0.2, 0.25) is 5.91 Å². The minimum Gasteiger partial charge on any atom is -0.846 e. The molecule has 1 aliphatic heterocycles. The van der Waals surface area contributed by atoms with Gasteiger partial charge < -0.3 is 10.4 Å². The normalized spacial score (nSPS) is 24.7.